The van der Waals surface area contributed by atoms with Gasteiger partial charge in [-0.25, -0.2) is 14.5 Å². The molecule has 11 heteroatoms. The van der Waals surface area contributed by atoms with E-state index in [0.717, 1.165) is 27.2 Å². The smallest absolute Gasteiger partial charge is 0.253 e. The summed E-state index contributed by atoms with van der Waals surface area (Å²) in [5.41, 5.74) is 3.76. The van der Waals surface area contributed by atoms with Crippen LogP contribution in [0.2, 0.25) is 0 Å². The van der Waals surface area contributed by atoms with Gasteiger partial charge in [0.05, 0.1) is 16.0 Å². The fourth-order valence-corrected chi connectivity index (χ4v) is 4.61. The highest BCUT2D eigenvalue weighted by atomic mass is 32.2. The summed E-state index contributed by atoms with van der Waals surface area (Å²) in [7, 11) is 0. The summed E-state index contributed by atoms with van der Waals surface area (Å²) < 4.78 is 13.8. The van der Waals surface area contributed by atoms with Crippen LogP contribution in [0.15, 0.2) is 17.3 Å². The largest absolute Gasteiger partial charge is 0.486 e. The van der Waals surface area contributed by atoms with Gasteiger partial charge in [0.15, 0.2) is 16.6 Å². The molecule has 30 heavy (non-hydrogen) atoms. The Morgan fingerprint density at radius 3 is 2.73 bits per heavy atom. The monoisotopic (exact) mass is 442 g/mol. The van der Waals surface area contributed by atoms with E-state index in [4.69, 9.17) is 9.47 Å². The van der Waals surface area contributed by atoms with Crippen molar-refractivity contribution in [3.8, 4) is 11.5 Å². The van der Waals surface area contributed by atoms with Gasteiger partial charge in [-0.3, -0.25) is 4.79 Å². The SMILES string of the molecule is Cc1nc2nc(SCC(=O)Nc3nc4cc5c(cc4s3)OCCO5)nn2c(C)c1C. The zero-order chi connectivity index (χ0) is 20.8. The molecule has 0 atom stereocenters. The number of benzene rings is 1. The number of fused-ring (bicyclic) bond motifs is 3. The van der Waals surface area contributed by atoms with Crippen molar-refractivity contribution < 1.29 is 14.3 Å². The number of aromatic nitrogens is 5. The van der Waals surface area contributed by atoms with Gasteiger partial charge in [-0.1, -0.05) is 23.1 Å². The van der Waals surface area contributed by atoms with E-state index in [9.17, 15) is 4.79 Å². The van der Waals surface area contributed by atoms with E-state index in [0.29, 0.717) is 40.8 Å². The van der Waals surface area contributed by atoms with Gasteiger partial charge in [-0.2, -0.15) is 4.98 Å². The Hall–Kier alpha value is -2.92. The topological polar surface area (TPSA) is 104 Å². The highest BCUT2D eigenvalue weighted by Crippen LogP contribution is 2.37. The van der Waals surface area contributed by atoms with Crippen LogP contribution in [-0.4, -0.2) is 49.4 Å². The molecule has 154 valence electrons. The second-order valence-corrected chi connectivity index (χ2v) is 8.81. The van der Waals surface area contributed by atoms with Crippen molar-refractivity contribution in [2.24, 2.45) is 0 Å². The maximum atomic E-state index is 12.4. The number of hydrogen-bond acceptors (Lipinski definition) is 9. The molecule has 0 bridgehead atoms. The van der Waals surface area contributed by atoms with Gasteiger partial charge in [0.2, 0.25) is 11.1 Å². The molecule has 3 aromatic heterocycles. The Morgan fingerprint density at radius 2 is 1.93 bits per heavy atom. The van der Waals surface area contributed by atoms with Crippen molar-refractivity contribution in [3.05, 3.63) is 29.1 Å². The molecular formula is C19H18N6O3S2. The molecule has 0 radical (unpaired) electrons. The zero-order valence-electron chi connectivity index (χ0n) is 16.6. The fraction of sp³-hybridized carbons (Fsp3) is 0.316. The van der Waals surface area contributed by atoms with E-state index in [2.05, 4.69) is 25.4 Å². The first kappa shape index (κ1) is 19.1. The minimum atomic E-state index is -0.174. The summed E-state index contributed by atoms with van der Waals surface area (Å²) in [4.78, 5) is 25.8. The molecule has 1 aliphatic heterocycles. The molecule has 9 nitrogen and oxygen atoms in total. The molecule has 0 saturated heterocycles. The van der Waals surface area contributed by atoms with Crippen LogP contribution in [0.4, 0.5) is 5.13 Å². The molecule has 1 aromatic carbocycles. The first-order valence-corrected chi connectivity index (χ1v) is 11.1. The Labute approximate surface area is 179 Å². The van der Waals surface area contributed by atoms with Crippen LogP contribution in [0.5, 0.6) is 11.5 Å². The first-order chi connectivity index (χ1) is 14.5. The minimum Gasteiger partial charge on any atom is -0.486 e. The molecule has 4 heterocycles. The third-order valence-electron chi connectivity index (χ3n) is 4.87. The first-order valence-electron chi connectivity index (χ1n) is 9.31. The number of nitrogens with one attached hydrogen (secondary N) is 1. The molecule has 0 unspecified atom stereocenters. The van der Waals surface area contributed by atoms with Gasteiger partial charge in [0.1, 0.15) is 13.2 Å². The fourth-order valence-electron chi connectivity index (χ4n) is 3.10. The Bertz CT molecular complexity index is 1260. The van der Waals surface area contributed by atoms with E-state index in [1.54, 1.807) is 4.52 Å². The number of hydrogen-bond donors (Lipinski definition) is 1. The number of rotatable bonds is 4. The van der Waals surface area contributed by atoms with Crippen molar-refractivity contribution in [2.75, 3.05) is 24.3 Å². The third-order valence-corrected chi connectivity index (χ3v) is 6.64. The van der Waals surface area contributed by atoms with Gasteiger partial charge >= 0.3 is 0 Å². The van der Waals surface area contributed by atoms with E-state index in [1.807, 2.05) is 32.9 Å². The predicted octanol–water partition coefficient (Wildman–Crippen LogP) is 3.16. The highest BCUT2D eigenvalue weighted by Gasteiger charge is 2.17. The number of thioether (sulfide) groups is 1. The maximum absolute atomic E-state index is 12.4. The van der Waals surface area contributed by atoms with Crippen LogP contribution >= 0.6 is 23.1 Å². The van der Waals surface area contributed by atoms with Crippen molar-refractivity contribution in [1.29, 1.82) is 0 Å². The summed E-state index contributed by atoms with van der Waals surface area (Å²) >= 11 is 2.66. The third kappa shape index (κ3) is 3.43. The van der Waals surface area contributed by atoms with Crippen molar-refractivity contribution >= 4 is 50.1 Å². The van der Waals surface area contributed by atoms with Crippen molar-refractivity contribution in [1.82, 2.24) is 24.6 Å². The predicted molar refractivity (Wildman–Crippen MR) is 115 cm³/mol. The number of anilines is 1. The Morgan fingerprint density at radius 1 is 1.17 bits per heavy atom. The molecule has 0 fully saturated rings. The maximum Gasteiger partial charge on any atom is 0.253 e. The number of aryl methyl sites for hydroxylation is 2. The van der Waals surface area contributed by atoms with Gasteiger partial charge in [-0.15, -0.1) is 5.10 Å². The molecule has 1 amide bonds. The van der Waals surface area contributed by atoms with Crippen LogP contribution in [0.3, 0.4) is 0 Å². The number of carbonyl (C=O) groups excluding carboxylic acids is 1. The summed E-state index contributed by atoms with van der Waals surface area (Å²) in [6.45, 7) is 6.99. The summed E-state index contributed by atoms with van der Waals surface area (Å²) in [5, 5.41) is 8.34. The van der Waals surface area contributed by atoms with Gasteiger partial charge < -0.3 is 14.8 Å². The van der Waals surface area contributed by atoms with Crippen LogP contribution in [-0.2, 0) is 4.79 Å². The average molecular weight is 443 g/mol. The molecule has 0 spiro atoms. The summed E-state index contributed by atoms with van der Waals surface area (Å²) in [6.07, 6.45) is 0. The van der Waals surface area contributed by atoms with E-state index in [1.165, 1.54) is 23.1 Å². The molecule has 1 aliphatic rings. The van der Waals surface area contributed by atoms with Crippen LogP contribution in [0, 0.1) is 20.8 Å². The number of thiazole rings is 1. The van der Waals surface area contributed by atoms with Crippen LogP contribution in [0.25, 0.3) is 16.0 Å². The standard InChI is InChI=1S/C19H18N6O3S2/c1-9-10(2)20-17-23-19(24-25(17)11(9)3)29-8-16(26)22-18-21-12-6-13-14(7-15(12)30-18)28-5-4-27-13/h6-7H,4-5,8H2,1-3H3,(H,21,22,26). The van der Waals surface area contributed by atoms with Gasteiger partial charge in [0.25, 0.3) is 5.78 Å². The molecule has 0 aliphatic carbocycles. The number of amides is 1. The lowest BCUT2D eigenvalue weighted by atomic mass is 10.2. The quantitative estimate of drug-likeness (QED) is 0.481. The number of carbonyl (C=O) groups is 1. The second kappa shape index (κ2) is 7.40. The van der Waals surface area contributed by atoms with Crippen molar-refractivity contribution in [3.63, 3.8) is 0 Å². The molecule has 5 rings (SSSR count). The van der Waals surface area contributed by atoms with E-state index in [-0.39, 0.29) is 11.7 Å². The number of ether oxygens (including phenoxy) is 2. The molecule has 0 saturated carbocycles. The average Bonchev–Trinajstić information content (AvgIpc) is 3.31. The lowest BCUT2D eigenvalue weighted by molar-refractivity contribution is -0.113. The highest BCUT2D eigenvalue weighted by molar-refractivity contribution is 7.99. The molecule has 1 N–H and O–H groups in total. The van der Waals surface area contributed by atoms with Gasteiger partial charge in [-0.05, 0) is 26.3 Å². The zero-order valence-corrected chi connectivity index (χ0v) is 18.2. The summed E-state index contributed by atoms with van der Waals surface area (Å²) in [6, 6.07) is 3.73. The lowest BCUT2D eigenvalue weighted by Gasteiger charge is -2.17. The second-order valence-electron chi connectivity index (χ2n) is 6.83. The lowest BCUT2D eigenvalue weighted by Crippen LogP contribution is -2.15. The van der Waals surface area contributed by atoms with E-state index >= 15 is 0 Å². The Kier molecular flexibility index (Phi) is 4.70. The van der Waals surface area contributed by atoms with Crippen LogP contribution < -0.4 is 14.8 Å². The van der Waals surface area contributed by atoms with Crippen LogP contribution in [0.1, 0.15) is 17.0 Å². The molecular weight excluding hydrogens is 424 g/mol. The van der Waals surface area contributed by atoms with Gasteiger partial charge in [0, 0.05) is 23.5 Å². The number of nitrogens with zero attached hydrogens (tertiary/aromatic N) is 5. The van der Waals surface area contributed by atoms with E-state index < -0.39 is 0 Å². The normalized spacial score (nSPS) is 13.2. The summed E-state index contributed by atoms with van der Waals surface area (Å²) in [5.74, 6) is 1.93. The van der Waals surface area contributed by atoms with Crippen molar-refractivity contribution in [2.45, 2.75) is 25.9 Å². The molecule has 4 aromatic rings. The minimum absolute atomic E-state index is 0.173. The Balaban J connectivity index is 1.28.